The molecule has 0 aliphatic rings. The average Bonchev–Trinajstić information content (AvgIpc) is 1.97. The Labute approximate surface area is 74.6 Å². The third kappa shape index (κ3) is 7.32. The van der Waals surface area contributed by atoms with E-state index in [9.17, 15) is 4.79 Å². The number of unbranched alkanes of at least 4 members (excludes halogenated alkanes) is 2. The SMILES string of the molecule is CCCCC=CC(=O)OC(C)C. The highest BCUT2D eigenvalue weighted by Gasteiger charge is 1.98. The largest absolute Gasteiger partial charge is 0.460 e. The highest BCUT2D eigenvalue weighted by atomic mass is 16.5. The lowest BCUT2D eigenvalue weighted by Gasteiger charge is -2.03. The summed E-state index contributed by atoms with van der Waals surface area (Å²) in [4.78, 5) is 10.9. The van der Waals surface area contributed by atoms with E-state index in [1.807, 2.05) is 19.9 Å². The Morgan fingerprint density at radius 3 is 2.67 bits per heavy atom. The molecule has 2 nitrogen and oxygen atoms in total. The normalized spacial score (nSPS) is 11.0. The van der Waals surface area contributed by atoms with Gasteiger partial charge in [-0.3, -0.25) is 0 Å². The molecule has 12 heavy (non-hydrogen) atoms. The summed E-state index contributed by atoms with van der Waals surface area (Å²) in [6.45, 7) is 5.82. The van der Waals surface area contributed by atoms with Gasteiger partial charge < -0.3 is 4.74 Å². The van der Waals surface area contributed by atoms with Crippen molar-refractivity contribution in [2.24, 2.45) is 0 Å². The van der Waals surface area contributed by atoms with Crippen molar-refractivity contribution >= 4 is 5.97 Å². The summed E-state index contributed by atoms with van der Waals surface area (Å²) in [6.07, 6.45) is 6.61. The summed E-state index contributed by atoms with van der Waals surface area (Å²) >= 11 is 0. The topological polar surface area (TPSA) is 26.3 Å². The van der Waals surface area contributed by atoms with E-state index < -0.39 is 0 Å². The first-order valence-corrected chi connectivity index (χ1v) is 4.54. The third-order valence-corrected chi connectivity index (χ3v) is 1.33. The number of ether oxygens (including phenoxy) is 1. The van der Waals surface area contributed by atoms with Crippen molar-refractivity contribution in [3.8, 4) is 0 Å². The van der Waals surface area contributed by atoms with Gasteiger partial charge in [-0.1, -0.05) is 25.8 Å². The number of allylic oxidation sites excluding steroid dienone is 1. The highest BCUT2D eigenvalue weighted by Crippen LogP contribution is 1.96. The van der Waals surface area contributed by atoms with Crippen molar-refractivity contribution in [3.05, 3.63) is 12.2 Å². The van der Waals surface area contributed by atoms with E-state index in [2.05, 4.69) is 6.92 Å². The van der Waals surface area contributed by atoms with Gasteiger partial charge in [0.1, 0.15) is 0 Å². The van der Waals surface area contributed by atoms with Crippen LogP contribution in [0.5, 0.6) is 0 Å². The lowest BCUT2D eigenvalue weighted by molar-refractivity contribution is -0.141. The minimum atomic E-state index is -0.235. The van der Waals surface area contributed by atoms with E-state index in [-0.39, 0.29) is 12.1 Å². The lowest BCUT2D eigenvalue weighted by atomic mass is 10.2. The maximum Gasteiger partial charge on any atom is 0.330 e. The number of rotatable bonds is 5. The molecule has 0 saturated heterocycles. The molecule has 0 saturated carbocycles. The van der Waals surface area contributed by atoms with Crippen LogP contribution in [0, 0.1) is 0 Å². The van der Waals surface area contributed by atoms with Gasteiger partial charge in [0.25, 0.3) is 0 Å². The van der Waals surface area contributed by atoms with Crippen LogP contribution in [-0.2, 0) is 9.53 Å². The zero-order valence-electron chi connectivity index (χ0n) is 8.17. The first kappa shape index (κ1) is 11.2. The Bertz CT molecular complexity index is 148. The smallest absolute Gasteiger partial charge is 0.330 e. The minimum Gasteiger partial charge on any atom is -0.460 e. The molecule has 70 valence electrons. The van der Waals surface area contributed by atoms with E-state index in [0.29, 0.717) is 0 Å². The molecule has 0 rings (SSSR count). The van der Waals surface area contributed by atoms with Crippen molar-refractivity contribution in [2.45, 2.75) is 46.1 Å². The Balaban J connectivity index is 3.47. The molecule has 0 radical (unpaired) electrons. The van der Waals surface area contributed by atoms with E-state index in [1.165, 1.54) is 6.08 Å². The lowest BCUT2D eigenvalue weighted by Crippen LogP contribution is -2.08. The zero-order valence-corrected chi connectivity index (χ0v) is 8.17. The van der Waals surface area contributed by atoms with E-state index in [0.717, 1.165) is 19.3 Å². The van der Waals surface area contributed by atoms with Gasteiger partial charge in [-0.25, -0.2) is 4.79 Å². The second kappa shape index (κ2) is 6.89. The van der Waals surface area contributed by atoms with Crippen LogP contribution in [-0.4, -0.2) is 12.1 Å². The number of hydrogen-bond donors (Lipinski definition) is 0. The van der Waals surface area contributed by atoms with Gasteiger partial charge in [-0.15, -0.1) is 0 Å². The van der Waals surface area contributed by atoms with Gasteiger partial charge in [0.15, 0.2) is 0 Å². The third-order valence-electron chi connectivity index (χ3n) is 1.33. The van der Waals surface area contributed by atoms with Gasteiger partial charge >= 0.3 is 5.97 Å². The van der Waals surface area contributed by atoms with Crippen molar-refractivity contribution < 1.29 is 9.53 Å². The van der Waals surface area contributed by atoms with Crippen LogP contribution in [0.4, 0.5) is 0 Å². The number of carbonyl (C=O) groups excluding carboxylic acids is 1. The number of hydrogen-bond acceptors (Lipinski definition) is 2. The maximum absolute atomic E-state index is 10.9. The molecule has 0 heterocycles. The summed E-state index contributed by atoms with van der Waals surface area (Å²) in [5.74, 6) is -0.235. The van der Waals surface area contributed by atoms with Gasteiger partial charge in [0.2, 0.25) is 0 Å². The predicted molar refractivity (Wildman–Crippen MR) is 49.9 cm³/mol. The molecule has 0 aliphatic carbocycles. The number of esters is 1. The fourth-order valence-electron chi connectivity index (χ4n) is 0.773. The Hall–Kier alpha value is -0.790. The molecule has 0 fully saturated rings. The molecular formula is C10H18O2. The second-order valence-electron chi connectivity index (χ2n) is 3.03. The Kier molecular flexibility index (Phi) is 6.44. The van der Waals surface area contributed by atoms with Gasteiger partial charge in [-0.2, -0.15) is 0 Å². The Morgan fingerprint density at radius 1 is 1.50 bits per heavy atom. The molecule has 0 aromatic rings. The first-order chi connectivity index (χ1) is 5.66. The van der Waals surface area contributed by atoms with Crippen molar-refractivity contribution in [1.82, 2.24) is 0 Å². The Morgan fingerprint density at radius 2 is 2.17 bits per heavy atom. The van der Waals surface area contributed by atoms with E-state index in [4.69, 9.17) is 4.74 Å². The molecule has 0 amide bonds. The van der Waals surface area contributed by atoms with Crippen LogP contribution >= 0.6 is 0 Å². The molecule has 0 aliphatic heterocycles. The van der Waals surface area contributed by atoms with Crippen LogP contribution in [0.15, 0.2) is 12.2 Å². The van der Waals surface area contributed by atoms with Crippen LogP contribution in [0.3, 0.4) is 0 Å². The minimum absolute atomic E-state index is 0.0201. The molecule has 0 spiro atoms. The van der Waals surface area contributed by atoms with Crippen molar-refractivity contribution in [3.63, 3.8) is 0 Å². The molecule has 2 heteroatoms. The number of carbonyl (C=O) groups is 1. The van der Waals surface area contributed by atoms with Crippen LogP contribution in [0.25, 0.3) is 0 Å². The predicted octanol–water partition coefficient (Wildman–Crippen LogP) is 2.68. The molecule has 0 N–H and O–H groups in total. The molecule has 0 bridgehead atoms. The molecule has 0 aromatic carbocycles. The van der Waals surface area contributed by atoms with Gasteiger partial charge in [0, 0.05) is 6.08 Å². The summed E-state index contributed by atoms with van der Waals surface area (Å²) in [6, 6.07) is 0. The second-order valence-corrected chi connectivity index (χ2v) is 3.03. The summed E-state index contributed by atoms with van der Waals surface area (Å²) in [5.41, 5.74) is 0. The van der Waals surface area contributed by atoms with Crippen LogP contribution in [0.2, 0.25) is 0 Å². The monoisotopic (exact) mass is 170 g/mol. The van der Waals surface area contributed by atoms with Crippen molar-refractivity contribution in [1.29, 1.82) is 0 Å². The molecule has 0 aromatic heterocycles. The van der Waals surface area contributed by atoms with Gasteiger partial charge in [0.05, 0.1) is 6.10 Å². The summed E-state index contributed by atoms with van der Waals surface area (Å²) in [7, 11) is 0. The maximum atomic E-state index is 10.9. The average molecular weight is 170 g/mol. The fourth-order valence-corrected chi connectivity index (χ4v) is 0.773. The standard InChI is InChI=1S/C10H18O2/c1-4-5-6-7-8-10(11)12-9(2)3/h7-9H,4-6H2,1-3H3. The summed E-state index contributed by atoms with van der Waals surface area (Å²) < 4.78 is 4.90. The van der Waals surface area contributed by atoms with E-state index >= 15 is 0 Å². The fraction of sp³-hybridized carbons (Fsp3) is 0.700. The molecule has 0 unspecified atom stereocenters. The molecule has 0 atom stereocenters. The first-order valence-electron chi connectivity index (χ1n) is 4.54. The summed E-state index contributed by atoms with van der Waals surface area (Å²) in [5, 5.41) is 0. The highest BCUT2D eigenvalue weighted by molar-refractivity contribution is 5.81. The zero-order chi connectivity index (χ0) is 9.40. The van der Waals surface area contributed by atoms with E-state index in [1.54, 1.807) is 0 Å². The van der Waals surface area contributed by atoms with Crippen LogP contribution in [0.1, 0.15) is 40.0 Å². The van der Waals surface area contributed by atoms with Crippen LogP contribution < -0.4 is 0 Å². The molecular weight excluding hydrogens is 152 g/mol. The van der Waals surface area contributed by atoms with Crippen molar-refractivity contribution in [2.75, 3.05) is 0 Å². The quantitative estimate of drug-likeness (QED) is 0.360. The van der Waals surface area contributed by atoms with Gasteiger partial charge in [-0.05, 0) is 20.3 Å².